The maximum Gasteiger partial charge on any atom is 0.314 e. The zero-order chi connectivity index (χ0) is 20.8. The number of ether oxygens (including phenoxy) is 1. The molecule has 0 spiro atoms. The van der Waals surface area contributed by atoms with Crippen LogP contribution in [0.15, 0.2) is 30.0 Å². The smallest absolute Gasteiger partial charge is 0.314 e. The summed E-state index contributed by atoms with van der Waals surface area (Å²) in [5, 5.41) is 0. The Morgan fingerprint density at radius 1 is 1.21 bits per heavy atom. The maximum absolute atomic E-state index is 12.5. The third-order valence-corrected chi connectivity index (χ3v) is 8.51. The Hall–Kier alpha value is -1.93. The van der Waals surface area contributed by atoms with E-state index in [1.807, 2.05) is 12.2 Å². The summed E-state index contributed by atoms with van der Waals surface area (Å²) < 4.78 is 6.05. The molecule has 0 unspecified atom stereocenters. The minimum absolute atomic E-state index is 0.156. The van der Waals surface area contributed by atoms with Crippen LogP contribution in [0.4, 0.5) is 0 Å². The topological polar surface area (TPSA) is 60.4 Å². The Balaban J connectivity index is 1.62. The van der Waals surface area contributed by atoms with E-state index in [-0.39, 0.29) is 17.6 Å². The molecule has 6 atom stereocenters. The van der Waals surface area contributed by atoms with E-state index >= 15 is 0 Å². The predicted octanol–water partition coefficient (Wildman–Crippen LogP) is 4.73. The van der Waals surface area contributed by atoms with Crippen molar-refractivity contribution in [2.45, 2.75) is 77.2 Å². The molecule has 0 N–H and O–H groups in total. The monoisotopic (exact) mass is 396 g/mol. The Labute approximate surface area is 173 Å². The number of carbonyl (C=O) groups excluding carboxylic acids is 3. The van der Waals surface area contributed by atoms with Crippen molar-refractivity contribution in [3.63, 3.8) is 0 Å². The summed E-state index contributed by atoms with van der Waals surface area (Å²) in [7, 11) is 0. The molecule has 156 valence electrons. The van der Waals surface area contributed by atoms with Crippen LogP contribution in [-0.4, -0.2) is 23.1 Å². The number of Topliss-reactive ketones (excluding diaryl/α,β-unsaturated/α-hetero) is 1. The molecule has 4 aliphatic carbocycles. The first-order valence-corrected chi connectivity index (χ1v) is 11.1. The van der Waals surface area contributed by atoms with Gasteiger partial charge in [-0.25, -0.2) is 0 Å². The van der Waals surface area contributed by atoms with Gasteiger partial charge in [0.15, 0.2) is 5.78 Å². The van der Waals surface area contributed by atoms with Gasteiger partial charge in [0, 0.05) is 17.9 Å². The van der Waals surface area contributed by atoms with Crippen LogP contribution >= 0.6 is 0 Å². The van der Waals surface area contributed by atoms with Crippen LogP contribution < -0.4 is 0 Å². The molecule has 4 heteroatoms. The molecule has 0 aliphatic heterocycles. The molecule has 0 aromatic heterocycles. The van der Waals surface area contributed by atoms with Crippen LogP contribution in [-0.2, 0) is 19.1 Å². The molecule has 3 saturated carbocycles. The maximum atomic E-state index is 12.5. The van der Waals surface area contributed by atoms with E-state index in [4.69, 9.17) is 4.74 Å². The van der Waals surface area contributed by atoms with Crippen LogP contribution in [0.1, 0.15) is 71.6 Å². The highest BCUT2D eigenvalue weighted by Gasteiger charge is 2.64. The minimum Gasteiger partial charge on any atom is -0.453 e. The summed E-state index contributed by atoms with van der Waals surface area (Å²) in [6.07, 6.45) is 11.3. The van der Waals surface area contributed by atoms with Crippen molar-refractivity contribution in [3.8, 4) is 0 Å². The van der Waals surface area contributed by atoms with Gasteiger partial charge in [-0.3, -0.25) is 14.4 Å². The first kappa shape index (κ1) is 20.3. The zero-order valence-electron chi connectivity index (χ0n) is 17.7. The van der Waals surface area contributed by atoms with Crippen molar-refractivity contribution in [1.82, 2.24) is 0 Å². The molecule has 4 aliphatic rings. The number of ketones is 2. The normalized spacial score (nSPS) is 40.6. The van der Waals surface area contributed by atoms with E-state index in [1.165, 1.54) is 12.5 Å². The third-order valence-electron chi connectivity index (χ3n) is 8.51. The first-order chi connectivity index (χ1) is 13.8. The molecule has 0 bridgehead atoms. The third kappa shape index (κ3) is 3.26. The summed E-state index contributed by atoms with van der Waals surface area (Å²) in [5.41, 5.74) is 3.42. The quantitative estimate of drug-likeness (QED) is 0.392. The van der Waals surface area contributed by atoms with E-state index in [1.54, 1.807) is 0 Å². The minimum atomic E-state index is -0.713. The fourth-order valence-electron chi connectivity index (χ4n) is 7.26. The molecule has 4 rings (SSSR count). The first-order valence-electron chi connectivity index (χ1n) is 11.1. The molecule has 0 amide bonds. The molecule has 0 aromatic carbocycles. The molecular formula is C25H32O4. The summed E-state index contributed by atoms with van der Waals surface area (Å²) in [4.78, 5) is 35.8. The van der Waals surface area contributed by atoms with Crippen molar-refractivity contribution >= 4 is 17.5 Å². The lowest BCUT2D eigenvalue weighted by Gasteiger charge is -2.55. The van der Waals surface area contributed by atoms with Gasteiger partial charge in [-0.05, 0) is 81.6 Å². The number of fused-ring (bicyclic) bond motifs is 5. The second-order valence-corrected chi connectivity index (χ2v) is 9.89. The van der Waals surface area contributed by atoms with Crippen LogP contribution in [0.25, 0.3) is 0 Å². The van der Waals surface area contributed by atoms with Gasteiger partial charge in [0.05, 0.1) is 0 Å². The van der Waals surface area contributed by atoms with E-state index in [9.17, 15) is 14.4 Å². The van der Waals surface area contributed by atoms with E-state index in [0.717, 1.165) is 44.9 Å². The van der Waals surface area contributed by atoms with Gasteiger partial charge in [-0.15, -0.1) is 5.73 Å². The fraction of sp³-hybridized carbons (Fsp3) is 0.680. The lowest BCUT2D eigenvalue weighted by Crippen LogP contribution is -2.53. The molecule has 0 radical (unpaired) electrons. The molecule has 4 nitrogen and oxygen atoms in total. The molecule has 0 aromatic rings. The predicted molar refractivity (Wildman–Crippen MR) is 110 cm³/mol. The molecule has 0 heterocycles. The van der Waals surface area contributed by atoms with Crippen LogP contribution in [0.3, 0.4) is 0 Å². The summed E-state index contributed by atoms with van der Waals surface area (Å²) in [5.74, 6) is 1.97. The second kappa shape index (κ2) is 7.40. The van der Waals surface area contributed by atoms with Crippen molar-refractivity contribution in [2.24, 2.45) is 29.1 Å². The highest BCUT2D eigenvalue weighted by atomic mass is 16.6. The summed E-state index contributed by atoms with van der Waals surface area (Å²) in [6, 6.07) is 0. The van der Waals surface area contributed by atoms with Gasteiger partial charge in [0.1, 0.15) is 17.8 Å². The van der Waals surface area contributed by atoms with Gasteiger partial charge in [0.25, 0.3) is 0 Å². The lowest BCUT2D eigenvalue weighted by atomic mass is 9.50. The van der Waals surface area contributed by atoms with Gasteiger partial charge in [-0.2, -0.15) is 0 Å². The van der Waals surface area contributed by atoms with Gasteiger partial charge in [-0.1, -0.05) is 19.1 Å². The Kier molecular flexibility index (Phi) is 5.19. The number of hydrogen-bond donors (Lipinski definition) is 0. The van der Waals surface area contributed by atoms with Gasteiger partial charge >= 0.3 is 5.97 Å². The van der Waals surface area contributed by atoms with Crippen molar-refractivity contribution in [1.29, 1.82) is 0 Å². The number of hydrogen-bond acceptors (Lipinski definition) is 4. The lowest BCUT2D eigenvalue weighted by molar-refractivity contribution is -0.172. The standard InChI is InChI=1S/C25H32O4/c1-4-11-25(29-23(28)14-16(2)26)13-10-22-21-7-5-17-15-18(27)6-8-19(17)20(21)9-12-24(22,25)3/h11,15,19-22H,1,5-10,12-14H2,2-3H3/t19-,20+,21+,22-,24-,25-/m0/s1. The SMILES string of the molecule is C=C=C[C@]1(OC(=O)CC(C)=O)CC[C@H]2[C@@H]3CCC4=CC(=O)CC[C@@H]4[C@H]3CC[C@@]21C. The average Bonchev–Trinajstić information content (AvgIpc) is 2.93. The Bertz CT molecular complexity index is 817. The number of carbonyl (C=O) groups is 3. The average molecular weight is 397 g/mol. The number of rotatable bonds is 4. The number of esters is 1. The molecular weight excluding hydrogens is 364 g/mol. The van der Waals surface area contributed by atoms with Crippen molar-refractivity contribution < 1.29 is 19.1 Å². The van der Waals surface area contributed by atoms with E-state index < -0.39 is 11.6 Å². The molecule has 0 saturated heterocycles. The van der Waals surface area contributed by atoms with E-state index in [0.29, 0.717) is 35.9 Å². The van der Waals surface area contributed by atoms with Crippen LogP contribution in [0.2, 0.25) is 0 Å². The van der Waals surface area contributed by atoms with Gasteiger partial charge in [0.2, 0.25) is 0 Å². The largest absolute Gasteiger partial charge is 0.453 e. The summed E-state index contributed by atoms with van der Waals surface area (Å²) in [6.45, 7) is 7.46. The van der Waals surface area contributed by atoms with E-state index in [2.05, 4.69) is 19.2 Å². The Morgan fingerprint density at radius 3 is 2.72 bits per heavy atom. The van der Waals surface area contributed by atoms with Crippen LogP contribution in [0, 0.1) is 29.1 Å². The second-order valence-electron chi connectivity index (χ2n) is 9.89. The summed E-state index contributed by atoms with van der Waals surface area (Å²) >= 11 is 0. The number of allylic oxidation sites excluding steroid dienone is 1. The fourth-order valence-corrected chi connectivity index (χ4v) is 7.26. The van der Waals surface area contributed by atoms with Crippen molar-refractivity contribution in [3.05, 3.63) is 30.0 Å². The van der Waals surface area contributed by atoms with Crippen LogP contribution in [0.5, 0.6) is 0 Å². The molecule has 3 fully saturated rings. The zero-order valence-corrected chi connectivity index (χ0v) is 17.7. The van der Waals surface area contributed by atoms with Crippen molar-refractivity contribution in [2.75, 3.05) is 0 Å². The highest BCUT2D eigenvalue weighted by molar-refractivity contribution is 5.94. The van der Waals surface area contributed by atoms with Gasteiger partial charge < -0.3 is 4.74 Å². The Morgan fingerprint density at radius 2 is 2.00 bits per heavy atom. The molecule has 29 heavy (non-hydrogen) atoms. The highest BCUT2D eigenvalue weighted by Crippen LogP contribution is 2.66.